The van der Waals surface area contributed by atoms with E-state index in [1.165, 1.54) is 5.56 Å². The monoisotopic (exact) mass is 390 g/mol. The van der Waals surface area contributed by atoms with Crippen molar-refractivity contribution >= 4 is 17.6 Å². The Hall–Kier alpha value is -1.89. The first-order chi connectivity index (χ1) is 12.8. The molecular weight excluding hydrogens is 364 g/mol. The van der Waals surface area contributed by atoms with Gasteiger partial charge in [-0.25, -0.2) is 4.68 Å². The summed E-state index contributed by atoms with van der Waals surface area (Å²) in [5.74, 6) is -0.763. The van der Waals surface area contributed by atoms with E-state index in [9.17, 15) is 4.79 Å². The van der Waals surface area contributed by atoms with Crippen LogP contribution in [-0.2, 0) is 11.3 Å². The lowest BCUT2D eigenvalue weighted by molar-refractivity contribution is -0.138. The Bertz CT molecular complexity index is 795. The summed E-state index contributed by atoms with van der Waals surface area (Å²) in [5.41, 5.74) is 4.48. The number of aryl methyl sites for hydroxylation is 1. The van der Waals surface area contributed by atoms with Crippen LogP contribution < -0.4 is 0 Å². The third-order valence-electron chi connectivity index (χ3n) is 5.46. The van der Waals surface area contributed by atoms with E-state index >= 15 is 0 Å². The predicted octanol–water partition coefficient (Wildman–Crippen LogP) is 3.12. The standard InChI is InChI=1S/C20H27ClN4O2/c1-14-19(15(2)25(22-14)18-6-4-16(21)5-7-18)12-24-10-8-17(9-11-24)23(3)13-20(26)27/h4-7,17H,8-13H2,1-3H3,(H,26,27). The van der Waals surface area contributed by atoms with Gasteiger partial charge in [-0.05, 0) is 71.1 Å². The van der Waals surface area contributed by atoms with Crippen molar-refractivity contribution in [1.82, 2.24) is 19.6 Å². The van der Waals surface area contributed by atoms with E-state index in [2.05, 4.69) is 18.7 Å². The number of piperidine rings is 1. The second-order valence-corrected chi connectivity index (χ2v) is 7.79. The fourth-order valence-electron chi connectivity index (χ4n) is 3.82. The molecule has 1 aliphatic heterocycles. The number of hydrogen-bond donors (Lipinski definition) is 1. The van der Waals surface area contributed by atoms with E-state index in [1.807, 2.05) is 40.9 Å². The Morgan fingerprint density at radius 2 is 1.89 bits per heavy atom. The van der Waals surface area contributed by atoms with Gasteiger partial charge in [-0.2, -0.15) is 5.10 Å². The summed E-state index contributed by atoms with van der Waals surface area (Å²) in [6, 6.07) is 8.07. The van der Waals surface area contributed by atoms with Crippen LogP contribution in [0.25, 0.3) is 5.69 Å². The highest BCUT2D eigenvalue weighted by Crippen LogP contribution is 2.23. The van der Waals surface area contributed by atoms with Crippen LogP contribution in [0.3, 0.4) is 0 Å². The van der Waals surface area contributed by atoms with Crippen LogP contribution in [0.15, 0.2) is 24.3 Å². The molecule has 0 bridgehead atoms. The third kappa shape index (κ3) is 4.69. The number of nitrogens with zero attached hydrogens (tertiary/aromatic N) is 4. The number of aliphatic carboxylic acids is 1. The minimum atomic E-state index is -0.763. The van der Waals surface area contributed by atoms with Crippen LogP contribution in [0.4, 0.5) is 0 Å². The summed E-state index contributed by atoms with van der Waals surface area (Å²) in [6.45, 7) is 7.09. The zero-order valence-corrected chi connectivity index (χ0v) is 16.9. The normalized spacial score (nSPS) is 16.2. The van der Waals surface area contributed by atoms with Crippen LogP contribution in [0.5, 0.6) is 0 Å². The Kier molecular flexibility index (Phi) is 6.19. The molecule has 27 heavy (non-hydrogen) atoms. The fourth-order valence-corrected chi connectivity index (χ4v) is 3.95. The molecule has 2 heterocycles. The number of carboxylic acids is 1. The summed E-state index contributed by atoms with van der Waals surface area (Å²) in [7, 11) is 1.90. The fraction of sp³-hybridized carbons (Fsp3) is 0.500. The molecule has 1 aromatic carbocycles. The molecule has 2 aromatic rings. The predicted molar refractivity (Wildman–Crippen MR) is 107 cm³/mol. The lowest BCUT2D eigenvalue weighted by atomic mass is 10.0. The average molecular weight is 391 g/mol. The van der Waals surface area contributed by atoms with Crippen molar-refractivity contribution in [1.29, 1.82) is 0 Å². The van der Waals surface area contributed by atoms with Gasteiger partial charge in [0.15, 0.2) is 0 Å². The molecule has 0 saturated carbocycles. The summed E-state index contributed by atoms with van der Waals surface area (Å²) in [6.07, 6.45) is 1.99. The van der Waals surface area contributed by atoms with Gasteiger partial charge in [-0.3, -0.25) is 14.6 Å². The lowest BCUT2D eigenvalue weighted by Gasteiger charge is -2.36. The molecule has 3 rings (SSSR count). The number of benzene rings is 1. The molecule has 146 valence electrons. The van der Waals surface area contributed by atoms with Gasteiger partial charge in [-0.1, -0.05) is 11.6 Å². The maximum Gasteiger partial charge on any atom is 0.317 e. The number of likely N-dealkylation sites (tertiary alicyclic amines) is 1. The van der Waals surface area contributed by atoms with Crippen molar-refractivity contribution in [2.75, 3.05) is 26.7 Å². The van der Waals surface area contributed by atoms with Gasteiger partial charge in [-0.15, -0.1) is 0 Å². The van der Waals surface area contributed by atoms with E-state index in [1.54, 1.807) is 0 Å². The van der Waals surface area contributed by atoms with Crippen LogP contribution in [0, 0.1) is 13.8 Å². The molecule has 0 unspecified atom stereocenters. The van der Waals surface area contributed by atoms with Crippen LogP contribution in [-0.4, -0.2) is 63.4 Å². The molecule has 7 heteroatoms. The number of likely N-dealkylation sites (N-methyl/N-ethyl adjacent to an activating group) is 1. The van der Waals surface area contributed by atoms with Crippen molar-refractivity contribution in [2.24, 2.45) is 0 Å². The van der Waals surface area contributed by atoms with E-state index < -0.39 is 5.97 Å². The van der Waals surface area contributed by atoms with E-state index in [4.69, 9.17) is 21.8 Å². The molecule has 0 amide bonds. The van der Waals surface area contributed by atoms with Crippen LogP contribution >= 0.6 is 11.6 Å². The molecule has 0 radical (unpaired) electrons. The van der Waals surface area contributed by atoms with Gasteiger partial charge in [0.05, 0.1) is 17.9 Å². The number of halogens is 1. The maximum atomic E-state index is 10.9. The Morgan fingerprint density at radius 1 is 1.26 bits per heavy atom. The van der Waals surface area contributed by atoms with Gasteiger partial charge >= 0.3 is 5.97 Å². The number of rotatable bonds is 6. The van der Waals surface area contributed by atoms with Crippen LogP contribution in [0.2, 0.25) is 5.02 Å². The van der Waals surface area contributed by atoms with Gasteiger partial charge in [0.2, 0.25) is 0 Å². The quantitative estimate of drug-likeness (QED) is 0.821. The van der Waals surface area contributed by atoms with E-state index in [0.29, 0.717) is 6.04 Å². The van der Waals surface area contributed by atoms with Gasteiger partial charge in [0.1, 0.15) is 0 Å². The van der Waals surface area contributed by atoms with Crippen molar-refractivity contribution in [3.63, 3.8) is 0 Å². The SMILES string of the molecule is Cc1nn(-c2ccc(Cl)cc2)c(C)c1CN1CCC(N(C)CC(=O)O)CC1. The molecular formula is C20H27ClN4O2. The van der Waals surface area contributed by atoms with Crippen molar-refractivity contribution < 1.29 is 9.90 Å². The molecule has 0 spiro atoms. The molecule has 1 fully saturated rings. The van der Waals surface area contributed by atoms with Crippen molar-refractivity contribution in [2.45, 2.75) is 39.3 Å². The molecule has 1 aromatic heterocycles. The first-order valence-electron chi connectivity index (χ1n) is 9.30. The summed E-state index contributed by atoms with van der Waals surface area (Å²) >= 11 is 5.99. The summed E-state index contributed by atoms with van der Waals surface area (Å²) in [4.78, 5) is 15.3. The minimum absolute atomic E-state index is 0.108. The summed E-state index contributed by atoms with van der Waals surface area (Å²) in [5, 5.41) is 14.4. The first-order valence-corrected chi connectivity index (χ1v) is 9.68. The van der Waals surface area contributed by atoms with E-state index in [0.717, 1.165) is 54.6 Å². The Balaban J connectivity index is 1.65. The zero-order valence-electron chi connectivity index (χ0n) is 16.2. The van der Waals surface area contributed by atoms with Gasteiger partial charge < -0.3 is 5.11 Å². The average Bonchev–Trinajstić information content (AvgIpc) is 2.90. The Morgan fingerprint density at radius 3 is 2.48 bits per heavy atom. The second-order valence-electron chi connectivity index (χ2n) is 7.35. The molecule has 1 N–H and O–H groups in total. The van der Waals surface area contributed by atoms with Gasteiger partial charge in [0.25, 0.3) is 0 Å². The van der Waals surface area contributed by atoms with Gasteiger partial charge in [0, 0.05) is 28.9 Å². The molecule has 6 nitrogen and oxygen atoms in total. The number of hydrogen-bond acceptors (Lipinski definition) is 4. The highest BCUT2D eigenvalue weighted by atomic mass is 35.5. The summed E-state index contributed by atoms with van der Waals surface area (Å²) < 4.78 is 1.98. The Labute approximate surface area is 165 Å². The van der Waals surface area contributed by atoms with Crippen molar-refractivity contribution in [3.05, 3.63) is 46.2 Å². The molecule has 0 aliphatic carbocycles. The number of carbonyl (C=O) groups is 1. The van der Waals surface area contributed by atoms with Crippen LogP contribution in [0.1, 0.15) is 29.8 Å². The first kappa shape index (κ1) is 19.9. The third-order valence-corrected chi connectivity index (χ3v) is 5.71. The number of carboxylic acid groups (broad SMARTS) is 1. The molecule has 1 aliphatic rings. The number of aromatic nitrogens is 2. The maximum absolute atomic E-state index is 10.9. The van der Waals surface area contributed by atoms with E-state index in [-0.39, 0.29) is 6.54 Å². The second kappa shape index (κ2) is 8.42. The smallest absolute Gasteiger partial charge is 0.317 e. The largest absolute Gasteiger partial charge is 0.480 e. The molecule has 1 saturated heterocycles. The highest BCUT2D eigenvalue weighted by Gasteiger charge is 2.25. The highest BCUT2D eigenvalue weighted by molar-refractivity contribution is 6.30. The van der Waals surface area contributed by atoms with Crippen molar-refractivity contribution in [3.8, 4) is 5.69 Å². The zero-order chi connectivity index (χ0) is 19.6. The molecule has 0 atom stereocenters. The lowest BCUT2D eigenvalue weighted by Crippen LogP contribution is -2.44. The topological polar surface area (TPSA) is 61.6 Å². The minimum Gasteiger partial charge on any atom is -0.480 e.